The van der Waals surface area contributed by atoms with Gasteiger partial charge in [-0.25, -0.2) is 0 Å². The molecular weight excluding hydrogens is 783 g/mol. The standard InChI is InChI=1S/C38H51N5O12S2/c1-25-6-12-29(13-7-25)57-37(54)14-16-55-17-15-39-38(56)40-27-10-8-26(9-11-27)18-28(41(20-32(44)45)21-33(46)47)19-42(22-34(48)49)30-4-2-3-5-31(30)43(23-35(50)51)24-36(52)53/h6-13,28,30-31H,2-5,14-24H2,1H3,(H,44,45)(H,46,47)(H,48,49)(H,50,51)(H,52,53)(H2,39,40,56)/t28-,30+,31+/m1/s1. The van der Waals surface area contributed by atoms with Gasteiger partial charge in [-0.2, -0.15) is 0 Å². The monoisotopic (exact) mass is 833 g/mol. The molecule has 3 atom stereocenters. The molecular formula is C38H51N5O12S2. The van der Waals surface area contributed by atoms with Gasteiger partial charge < -0.3 is 40.9 Å². The summed E-state index contributed by atoms with van der Waals surface area (Å²) in [6.07, 6.45) is 2.54. The largest absolute Gasteiger partial charge is 0.480 e. The maximum Gasteiger partial charge on any atom is 0.317 e. The minimum absolute atomic E-state index is 0.00278. The van der Waals surface area contributed by atoms with Crippen LogP contribution >= 0.6 is 24.0 Å². The van der Waals surface area contributed by atoms with Crippen LogP contribution < -0.4 is 10.6 Å². The first-order valence-corrected chi connectivity index (χ1v) is 19.6. The Bertz CT molecular complexity index is 1650. The molecule has 0 amide bonds. The molecule has 0 bridgehead atoms. The number of nitrogens with one attached hydrogen (secondary N) is 2. The van der Waals surface area contributed by atoms with E-state index in [1.54, 1.807) is 29.2 Å². The van der Waals surface area contributed by atoms with E-state index in [4.69, 9.17) is 17.0 Å². The Labute approximate surface area is 340 Å². The number of anilines is 1. The number of carbonyl (C=O) groups excluding carboxylic acids is 1. The van der Waals surface area contributed by atoms with Gasteiger partial charge in [0.15, 0.2) is 10.2 Å². The average molecular weight is 834 g/mol. The van der Waals surface area contributed by atoms with Crippen LogP contribution in [0.5, 0.6) is 0 Å². The van der Waals surface area contributed by atoms with Crippen molar-refractivity contribution in [3.63, 3.8) is 0 Å². The van der Waals surface area contributed by atoms with Crippen LogP contribution in [0.2, 0.25) is 0 Å². The highest BCUT2D eigenvalue weighted by Crippen LogP contribution is 2.29. The second kappa shape index (κ2) is 24.2. The fraction of sp³-hybridized carbons (Fsp3) is 0.500. The summed E-state index contributed by atoms with van der Waals surface area (Å²) in [5, 5.41) is 54.9. The number of hydrogen-bond donors (Lipinski definition) is 7. The van der Waals surface area contributed by atoms with Crippen LogP contribution in [0.3, 0.4) is 0 Å². The molecule has 0 saturated heterocycles. The second-order valence-corrected chi connectivity index (χ2v) is 15.3. The van der Waals surface area contributed by atoms with Crippen LogP contribution in [-0.4, -0.2) is 157 Å². The molecule has 1 aliphatic carbocycles. The molecule has 2 aromatic carbocycles. The van der Waals surface area contributed by atoms with Gasteiger partial charge in [0.05, 0.1) is 45.9 Å². The Morgan fingerprint density at radius 2 is 1.28 bits per heavy atom. The molecule has 312 valence electrons. The van der Waals surface area contributed by atoms with Crippen molar-refractivity contribution in [3.05, 3.63) is 59.7 Å². The number of thiocarbonyl (C=S) groups is 1. The maximum atomic E-state index is 12.2. The zero-order chi connectivity index (χ0) is 41.9. The van der Waals surface area contributed by atoms with Crippen LogP contribution in [0.1, 0.15) is 43.2 Å². The Morgan fingerprint density at radius 3 is 1.82 bits per heavy atom. The van der Waals surface area contributed by atoms with Gasteiger partial charge in [0, 0.05) is 48.2 Å². The number of carbonyl (C=O) groups is 6. The number of carboxylic acid groups (broad SMARTS) is 5. The van der Waals surface area contributed by atoms with Gasteiger partial charge in [-0.15, -0.1) is 0 Å². The summed E-state index contributed by atoms with van der Waals surface area (Å²) in [6, 6.07) is 12.6. The van der Waals surface area contributed by atoms with E-state index >= 15 is 0 Å². The fourth-order valence-corrected chi connectivity index (χ4v) is 7.71. The van der Waals surface area contributed by atoms with Gasteiger partial charge in [0.25, 0.3) is 0 Å². The Morgan fingerprint density at radius 1 is 0.754 bits per heavy atom. The lowest BCUT2D eigenvalue weighted by Crippen LogP contribution is -2.59. The molecule has 57 heavy (non-hydrogen) atoms. The summed E-state index contributed by atoms with van der Waals surface area (Å²) in [6.45, 7) is -0.142. The SMILES string of the molecule is Cc1ccc(SC(=O)CCOCCNC(=S)Nc2ccc(C[C@H](CN(CC(=O)O)[C@H]3CCCC[C@@H]3N(CC(=O)O)CC(=O)O)N(CC(=O)O)CC(=O)O)cc2)cc1. The number of carboxylic acids is 5. The zero-order valence-electron chi connectivity index (χ0n) is 31.7. The summed E-state index contributed by atoms with van der Waals surface area (Å²) in [4.78, 5) is 76.7. The first-order valence-electron chi connectivity index (χ1n) is 18.4. The molecule has 7 N–H and O–H groups in total. The third-order valence-corrected chi connectivity index (χ3v) is 10.4. The Balaban J connectivity index is 1.67. The van der Waals surface area contributed by atoms with E-state index in [1.807, 2.05) is 31.2 Å². The highest BCUT2D eigenvalue weighted by molar-refractivity contribution is 8.13. The van der Waals surface area contributed by atoms with E-state index in [9.17, 15) is 54.3 Å². The van der Waals surface area contributed by atoms with Gasteiger partial charge in [-0.1, -0.05) is 54.4 Å². The molecule has 0 radical (unpaired) electrons. The fourth-order valence-electron chi connectivity index (χ4n) is 6.77. The number of hydrogen-bond acceptors (Lipinski definition) is 12. The third-order valence-electron chi connectivity index (χ3n) is 9.20. The lowest BCUT2D eigenvalue weighted by molar-refractivity contribution is -0.146. The van der Waals surface area contributed by atoms with Crippen LogP contribution in [0.15, 0.2) is 53.4 Å². The molecule has 17 nitrogen and oxygen atoms in total. The van der Waals surface area contributed by atoms with Crippen LogP contribution in [0.4, 0.5) is 5.69 Å². The zero-order valence-corrected chi connectivity index (χ0v) is 33.3. The predicted molar refractivity (Wildman–Crippen MR) is 215 cm³/mol. The summed E-state index contributed by atoms with van der Waals surface area (Å²) in [5.41, 5.74) is 2.42. The van der Waals surface area contributed by atoms with Crippen molar-refractivity contribution in [3.8, 4) is 0 Å². The molecule has 19 heteroatoms. The van der Waals surface area contributed by atoms with Crippen LogP contribution in [-0.2, 0) is 39.9 Å². The van der Waals surface area contributed by atoms with E-state index in [1.165, 1.54) is 21.6 Å². The second-order valence-electron chi connectivity index (χ2n) is 13.7. The van der Waals surface area contributed by atoms with Gasteiger partial charge >= 0.3 is 29.8 Å². The third kappa shape index (κ3) is 18.0. The molecule has 1 fully saturated rings. The minimum atomic E-state index is -1.28. The van der Waals surface area contributed by atoms with Crippen LogP contribution in [0.25, 0.3) is 0 Å². The number of aryl methyl sites for hydroxylation is 1. The number of benzene rings is 2. The number of aliphatic carboxylic acids is 5. The van der Waals surface area contributed by atoms with E-state index in [-0.39, 0.29) is 31.1 Å². The lowest BCUT2D eigenvalue weighted by atomic mass is 9.87. The van der Waals surface area contributed by atoms with Crippen molar-refractivity contribution in [2.45, 2.75) is 68.5 Å². The first kappa shape index (κ1) is 46.7. The molecule has 0 unspecified atom stereocenters. The van der Waals surface area contributed by atoms with E-state index in [0.29, 0.717) is 55.2 Å². The van der Waals surface area contributed by atoms with Crippen molar-refractivity contribution >= 4 is 69.7 Å². The molecule has 1 aliphatic rings. The van der Waals surface area contributed by atoms with Gasteiger partial charge in [-0.05, 0) is 68.2 Å². The summed E-state index contributed by atoms with van der Waals surface area (Å²) < 4.78 is 5.57. The van der Waals surface area contributed by atoms with Gasteiger partial charge in [-0.3, -0.25) is 43.5 Å². The summed E-state index contributed by atoms with van der Waals surface area (Å²) in [5.74, 6) is -6.26. The molecule has 3 rings (SSSR count). The first-order chi connectivity index (χ1) is 27.1. The van der Waals surface area contributed by atoms with Crippen molar-refractivity contribution in [2.75, 3.05) is 64.3 Å². The molecule has 2 aromatic rings. The Kier molecular flexibility index (Phi) is 19.8. The maximum absolute atomic E-state index is 12.2. The van der Waals surface area contributed by atoms with Gasteiger partial charge in [0.1, 0.15) is 0 Å². The predicted octanol–water partition coefficient (Wildman–Crippen LogP) is 2.56. The van der Waals surface area contributed by atoms with Crippen molar-refractivity contribution in [1.29, 1.82) is 0 Å². The molecule has 0 spiro atoms. The summed E-state index contributed by atoms with van der Waals surface area (Å²) >= 11 is 6.57. The molecule has 1 saturated carbocycles. The average Bonchev–Trinajstić information content (AvgIpc) is 3.12. The lowest BCUT2D eigenvalue weighted by Gasteiger charge is -2.45. The minimum Gasteiger partial charge on any atom is -0.480 e. The number of ether oxygens (including phenoxy) is 1. The van der Waals surface area contributed by atoms with Crippen molar-refractivity contribution in [1.82, 2.24) is 20.0 Å². The van der Waals surface area contributed by atoms with Gasteiger partial charge in [0.2, 0.25) is 0 Å². The highest BCUT2D eigenvalue weighted by atomic mass is 32.2. The Hall–Kier alpha value is -4.66. The summed E-state index contributed by atoms with van der Waals surface area (Å²) in [7, 11) is 0. The van der Waals surface area contributed by atoms with Crippen molar-refractivity contribution in [2.24, 2.45) is 0 Å². The quantitative estimate of drug-likeness (QED) is 0.0432. The molecule has 0 heterocycles. The van der Waals surface area contributed by atoms with E-state index < -0.39 is 80.7 Å². The molecule has 0 aliphatic heterocycles. The van der Waals surface area contributed by atoms with Crippen molar-refractivity contribution < 1.29 is 59.0 Å². The number of nitrogens with zero attached hydrogens (tertiary/aromatic N) is 3. The topological polar surface area (TPSA) is 247 Å². The van der Waals surface area contributed by atoms with E-state index in [0.717, 1.165) is 10.5 Å². The number of rotatable bonds is 25. The number of thioether (sulfide) groups is 1. The molecule has 0 aromatic heterocycles. The smallest absolute Gasteiger partial charge is 0.317 e. The normalized spacial score (nSPS) is 15.9. The van der Waals surface area contributed by atoms with E-state index in [2.05, 4.69) is 10.6 Å². The van der Waals surface area contributed by atoms with Crippen LogP contribution in [0, 0.1) is 6.92 Å². The highest BCUT2D eigenvalue weighted by Gasteiger charge is 2.38.